The molecule has 0 saturated heterocycles. The fraction of sp³-hybridized carbons (Fsp3) is 0.257. The average molecular weight is 819 g/mol. The summed E-state index contributed by atoms with van der Waals surface area (Å²) in [4.78, 5) is 19.2. The lowest BCUT2D eigenvalue weighted by Gasteiger charge is -2.31. The van der Waals surface area contributed by atoms with Crippen LogP contribution in [0.1, 0.15) is 45.9 Å². The third-order valence-corrected chi connectivity index (χ3v) is 9.17. The fourth-order valence-corrected chi connectivity index (χ4v) is 6.29. The molecule has 270 valence electrons. The maximum absolute atomic E-state index is 14.4. The van der Waals surface area contributed by atoms with Gasteiger partial charge in [-0.05, 0) is 71.8 Å². The summed E-state index contributed by atoms with van der Waals surface area (Å²) >= 11 is 16.3. The highest BCUT2D eigenvalue weighted by Gasteiger charge is 2.54. The van der Waals surface area contributed by atoms with Crippen molar-refractivity contribution >= 4 is 50.9 Å². The van der Waals surface area contributed by atoms with Gasteiger partial charge in [-0.15, -0.1) is 0 Å². The van der Waals surface area contributed by atoms with Crippen molar-refractivity contribution in [2.24, 2.45) is 4.99 Å². The number of halogens is 9. The van der Waals surface area contributed by atoms with Crippen LogP contribution in [0.25, 0.3) is 0 Å². The van der Waals surface area contributed by atoms with Crippen molar-refractivity contribution in [3.63, 3.8) is 0 Å². The number of alkyl halides is 6. The topological polar surface area (TPSA) is 92.2 Å². The Morgan fingerprint density at radius 2 is 1.61 bits per heavy atom. The maximum Gasteiger partial charge on any atom is 0.416 e. The second-order valence-electron chi connectivity index (χ2n) is 11.4. The molecule has 51 heavy (non-hydrogen) atoms. The Hall–Kier alpha value is -3.82. The van der Waals surface area contributed by atoms with Crippen molar-refractivity contribution in [1.29, 1.82) is 0 Å². The van der Waals surface area contributed by atoms with Gasteiger partial charge in [-0.2, -0.15) is 26.3 Å². The molecule has 7 nitrogen and oxygen atoms in total. The van der Waals surface area contributed by atoms with Gasteiger partial charge in [0.1, 0.15) is 5.75 Å². The number of aliphatic hydroxyl groups excluding tert-OH is 1. The fourth-order valence-electron chi connectivity index (χ4n) is 5.36. The van der Waals surface area contributed by atoms with Gasteiger partial charge in [0, 0.05) is 51.6 Å². The molecule has 4 aromatic rings. The number of amides is 1. The Morgan fingerprint density at radius 1 is 0.941 bits per heavy atom. The number of ether oxygens (including phenoxy) is 2. The summed E-state index contributed by atoms with van der Waals surface area (Å²) < 4.78 is 93.6. The molecule has 2 atom stereocenters. The molecule has 0 bridgehead atoms. The van der Waals surface area contributed by atoms with Crippen molar-refractivity contribution < 1.29 is 45.7 Å². The zero-order chi connectivity index (χ0) is 37.0. The molecule has 0 aliphatic carbocycles. The third-order valence-electron chi connectivity index (χ3n) is 7.83. The van der Waals surface area contributed by atoms with E-state index >= 15 is 0 Å². The van der Waals surface area contributed by atoms with E-state index in [1.165, 1.54) is 6.07 Å². The number of nitrogens with zero attached hydrogens (tertiary/aromatic N) is 1. The third kappa shape index (κ3) is 9.16. The van der Waals surface area contributed by atoms with Crippen LogP contribution in [0.4, 0.5) is 26.3 Å². The predicted molar refractivity (Wildman–Crippen MR) is 182 cm³/mol. The van der Waals surface area contributed by atoms with Crippen molar-refractivity contribution in [1.82, 2.24) is 10.9 Å². The number of carbonyl (C=O) groups is 1. The molecule has 0 radical (unpaired) electrons. The summed E-state index contributed by atoms with van der Waals surface area (Å²) in [6.07, 6.45) is -11.0. The molecule has 1 aliphatic rings. The Bertz CT molecular complexity index is 1880. The highest BCUT2D eigenvalue weighted by atomic mass is 79.9. The summed E-state index contributed by atoms with van der Waals surface area (Å²) in [7, 11) is 0. The van der Waals surface area contributed by atoms with Gasteiger partial charge in [0.2, 0.25) is 5.90 Å². The monoisotopic (exact) mass is 817 g/mol. The van der Waals surface area contributed by atoms with E-state index in [1.54, 1.807) is 60.7 Å². The first-order valence-electron chi connectivity index (χ1n) is 15.2. The smallest absolute Gasteiger partial charge is 0.416 e. The van der Waals surface area contributed by atoms with Crippen LogP contribution in [0.2, 0.25) is 10.0 Å². The van der Waals surface area contributed by atoms with E-state index in [2.05, 4.69) is 26.8 Å². The van der Waals surface area contributed by atoms with Crippen LogP contribution < -0.4 is 15.6 Å². The van der Waals surface area contributed by atoms with Crippen LogP contribution in [0.5, 0.6) is 5.75 Å². The molecule has 1 heterocycles. The second-order valence-corrected chi connectivity index (χ2v) is 13.1. The van der Waals surface area contributed by atoms with E-state index < -0.39 is 47.6 Å². The Morgan fingerprint density at radius 3 is 2.22 bits per heavy atom. The van der Waals surface area contributed by atoms with Crippen LogP contribution in [-0.4, -0.2) is 35.7 Å². The molecule has 1 amide bonds. The SMILES string of the molecule is O=C(NNCc1cc(C(F)(F)F)cc(C(F)(F)F)c1)[C@@]1(Cc2ccccc2Br)N=C(c2ccc(OCCCO)cc2)O[C@H]1c1ccc(Cl)cc1Cl. The summed E-state index contributed by atoms with van der Waals surface area (Å²) in [5.74, 6) is -0.271. The number of hydrogen-bond donors (Lipinski definition) is 3. The molecule has 3 N–H and O–H groups in total. The number of aliphatic hydroxyl groups is 1. The number of aliphatic imine (C=N–C) groups is 1. The summed E-state index contributed by atoms with van der Waals surface area (Å²) in [5, 5.41) is 9.50. The highest BCUT2D eigenvalue weighted by Crippen LogP contribution is 2.46. The molecule has 16 heteroatoms. The van der Waals surface area contributed by atoms with E-state index in [9.17, 15) is 31.1 Å². The Kier molecular flexibility index (Phi) is 11.9. The number of hydrogen-bond acceptors (Lipinski definition) is 6. The summed E-state index contributed by atoms with van der Waals surface area (Å²) in [6, 6.07) is 19.4. The summed E-state index contributed by atoms with van der Waals surface area (Å²) in [6.45, 7) is -0.363. The first-order valence-corrected chi connectivity index (χ1v) is 16.8. The minimum Gasteiger partial charge on any atom is -0.494 e. The van der Waals surface area contributed by atoms with E-state index in [0.29, 0.717) is 50.5 Å². The van der Waals surface area contributed by atoms with Gasteiger partial charge in [-0.25, -0.2) is 10.4 Å². The van der Waals surface area contributed by atoms with E-state index in [-0.39, 0.29) is 42.2 Å². The zero-order valence-corrected chi connectivity index (χ0v) is 29.3. The number of rotatable bonds is 12. The summed E-state index contributed by atoms with van der Waals surface area (Å²) in [5.41, 5.74) is 1.12. The normalized spacial score (nSPS) is 17.5. The van der Waals surface area contributed by atoms with Gasteiger partial charge >= 0.3 is 12.4 Å². The minimum absolute atomic E-state index is 0.0230. The lowest BCUT2D eigenvalue weighted by molar-refractivity contribution is -0.143. The Labute approximate surface area is 306 Å². The van der Waals surface area contributed by atoms with Gasteiger partial charge in [0.25, 0.3) is 5.91 Å². The van der Waals surface area contributed by atoms with Crippen LogP contribution in [-0.2, 0) is 34.8 Å². The van der Waals surface area contributed by atoms with Crippen molar-refractivity contribution in [2.75, 3.05) is 13.2 Å². The first kappa shape index (κ1) is 38.4. The van der Waals surface area contributed by atoms with Crippen LogP contribution in [0.15, 0.2) is 94.4 Å². The molecule has 0 aromatic heterocycles. The minimum atomic E-state index is -5.05. The molecule has 4 aromatic carbocycles. The van der Waals surface area contributed by atoms with Gasteiger partial charge in [-0.3, -0.25) is 10.2 Å². The predicted octanol–water partition coefficient (Wildman–Crippen LogP) is 8.88. The highest BCUT2D eigenvalue weighted by molar-refractivity contribution is 9.10. The molecule has 0 spiro atoms. The molecular formula is C35H28BrCl2F6N3O4. The molecular weight excluding hydrogens is 791 g/mol. The quantitative estimate of drug-likeness (QED) is 0.0755. The number of nitrogens with one attached hydrogen (secondary N) is 2. The lowest BCUT2D eigenvalue weighted by Crippen LogP contribution is -2.53. The van der Waals surface area contributed by atoms with Crippen molar-refractivity contribution in [3.05, 3.63) is 133 Å². The number of hydrazine groups is 1. The van der Waals surface area contributed by atoms with E-state index in [4.69, 9.17) is 42.8 Å². The average Bonchev–Trinajstić information content (AvgIpc) is 3.45. The molecule has 0 unspecified atom stereocenters. The first-order chi connectivity index (χ1) is 24.1. The Balaban J connectivity index is 1.54. The standard InChI is InChI=1S/C35H28BrCl2F6N3O4/c36-28-5-2-1-4-22(28)18-33(32(49)47-45-19-20-14-23(34(39,40)41)16-24(15-20)35(42,43)44)30(27-11-8-25(37)17-29(27)38)51-31(46-33)21-6-9-26(10-7-21)50-13-3-12-48/h1-2,4-11,14-17,30,45,48H,3,12-13,18-19H2,(H,47,49)/t30-,33-/m0/s1. The van der Waals surface area contributed by atoms with Gasteiger partial charge < -0.3 is 14.6 Å². The second kappa shape index (κ2) is 15.8. The number of benzene rings is 4. The van der Waals surface area contributed by atoms with Gasteiger partial charge in [-0.1, -0.05) is 63.4 Å². The van der Waals surface area contributed by atoms with Crippen LogP contribution in [0, 0.1) is 0 Å². The number of carbonyl (C=O) groups excluding carboxylic acids is 1. The maximum atomic E-state index is 14.4. The molecule has 5 rings (SSSR count). The lowest BCUT2D eigenvalue weighted by atomic mass is 9.82. The molecule has 0 saturated carbocycles. The van der Waals surface area contributed by atoms with Gasteiger partial charge in [0.05, 0.1) is 17.7 Å². The van der Waals surface area contributed by atoms with Crippen LogP contribution in [0.3, 0.4) is 0 Å². The van der Waals surface area contributed by atoms with E-state index in [0.717, 1.165) is 0 Å². The molecule has 1 aliphatic heterocycles. The van der Waals surface area contributed by atoms with Crippen molar-refractivity contribution in [2.45, 2.75) is 43.4 Å². The van der Waals surface area contributed by atoms with Crippen molar-refractivity contribution in [3.8, 4) is 5.75 Å². The van der Waals surface area contributed by atoms with Crippen LogP contribution >= 0.6 is 39.1 Å². The van der Waals surface area contributed by atoms with E-state index in [1.807, 2.05) is 0 Å². The molecule has 0 fully saturated rings. The van der Waals surface area contributed by atoms with Gasteiger partial charge in [0.15, 0.2) is 11.6 Å². The zero-order valence-electron chi connectivity index (χ0n) is 26.2. The largest absolute Gasteiger partial charge is 0.494 e.